The Hall–Kier alpha value is -1.43. The quantitative estimate of drug-likeness (QED) is 0.542. The van der Waals surface area contributed by atoms with Gasteiger partial charge >= 0.3 is 11.9 Å². The van der Waals surface area contributed by atoms with Crippen LogP contribution in [-0.4, -0.2) is 31.1 Å². The molecular weight excluding hydrogens is 266 g/mol. The highest BCUT2D eigenvalue weighted by Gasteiger charge is 2.14. The van der Waals surface area contributed by atoms with Crippen LogP contribution in [0.1, 0.15) is 47.5 Å². The fourth-order valence-electron chi connectivity index (χ4n) is 1.72. The Morgan fingerprint density at radius 2 is 1.89 bits per heavy atom. The molecule has 0 atom stereocenters. The minimum atomic E-state index is -0.316. The van der Waals surface area contributed by atoms with E-state index in [0.29, 0.717) is 11.3 Å². The van der Waals surface area contributed by atoms with Crippen molar-refractivity contribution >= 4 is 23.3 Å². The van der Waals surface area contributed by atoms with E-state index in [1.807, 2.05) is 0 Å². The molecule has 0 radical (unpaired) electrons. The van der Waals surface area contributed by atoms with Crippen LogP contribution in [0.5, 0.6) is 0 Å². The molecule has 0 saturated heterocycles. The molecule has 1 heterocycles. The van der Waals surface area contributed by atoms with Crippen LogP contribution in [0.3, 0.4) is 0 Å². The highest BCUT2D eigenvalue weighted by molar-refractivity contribution is 7.11. The van der Waals surface area contributed by atoms with E-state index >= 15 is 0 Å². The first-order valence-corrected chi connectivity index (χ1v) is 7.14. The second kappa shape index (κ2) is 8.63. The summed E-state index contributed by atoms with van der Waals surface area (Å²) < 4.78 is 9.27. The predicted molar refractivity (Wildman–Crippen MR) is 72.3 cm³/mol. The molecule has 6 heteroatoms. The van der Waals surface area contributed by atoms with Gasteiger partial charge in [-0.1, -0.05) is 12.8 Å². The van der Waals surface area contributed by atoms with Gasteiger partial charge in [0.2, 0.25) is 0 Å². The van der Waals surface area contributed by atoms with Gasteiger partial charge in [-0.25, -0.2) is 9.78 Å². The molecular formula is C13H19NO4S. The minimum Gasteiger partial charge on any atom is -0.469 e. The summed E-state index contributed by atoms with van der Waals surface area (Å²) in [6.07, 6.45) is 5.02. The maximum absolute atomic E-state index is 11.4. The molecule has 0 aliphatic carbocycles. The average molecular weight is 285 g/mol. The summed E-state index contributed by atoms with van der Waals surface area (Å²) in [5.41, 5.74) is 2.48. The second-order valence-electron chi connectivity index (χ2n) is 4.11. The Morgan fingerprint density at radius 3 is 2.58 bits per heavy atom. The van der Waals surface area contributed by atoms with E-state index in [2.05, 4.69) is 9.72 Å². The number of carbonyl (C=O) groups excluding carboxylic acids is 2. The predicted octanol–water partition coefficient (Wildman–Crippen LogP) is 2.60. The Balaban J connectivity index is 2.21. The summed E-state index contributed by atoms with van der Waals surface area (Å²) in [5, 5.41) is 0. The molecule has 5 nitrogen and oxygen atoms in total. The van der Waals surface area contributed by atoms with E-state index in [4.69, 9.17) is 4.74 Å². The van der Waals surface area contributed by atoms with Crippen molar-refractivity contribution in [1.82, 2.24) is 4.98 Å². The molecule has 0 aliphatic heterocycles. The molecule has 1 aromatic rings. The van der Waals surface area contributed by atoms with Gasteiger partial charge < -0.3 is 9.47 Å². The van der Waals surface area contributed by atoms with Gasteiger partial charge in [0, 0.05) is 6.42 Å². The molecule has 0 unspecified atom stereocenters. The van der Waals surface area contributed by atoms with Crippen LogP contribution in [-0.2, 0) is 20.7 Å². The number of thiazole rings is 1. The van der Waals surface area contributed by atoms with E-state index in [1.165, 1.54) is 25.6 Å². The summed E-state index contributed by atoms with van der Waals surface area (Å²) in [6.45, 7) is 0. The topological polar surface area (TPSA) is 65.5 Å². The summed E-state index contributed by atoms with van der Waals surface area (Å²) in [4.78, 5) is 27.1. The molecule has 0 aliphatic rings. The monoisotopic (exact) mass is 285 g/mol. The van der Waals surface area contributed by atoms with Crippen molar-refractivity contribution in [3.8, 4) is 0 Å². The van der Waals surface area contributed by atoms with Crippen molar-refractivity contribution in [1.29, 1.82) is 0 Å². The fourth-order valence-corrected chi connectivity index (χ4v) is 2.48. The second-order valence-corrected chi connectivity index (χ2v) is 4.96. The summed E-state index contributed by atoms with van der Waals surface area (Å²) in [6, 6.07) is 0. The van der Waals surface area contributed by atoms with E-state index < -0.39 is 0 Å². The first kappa shape index (κ1) is 15.6. The smallest absolute Gasteiger partial charge is 0.349 e. The van der Waals surface area contributed by atoms with Crippen LogP contribution in [0.2, 0.25) is 0 Å². The molecule has 1 rings (SSSR count). The molecule has 19 heavy (non-hydrogen) atoms. The van der Waals surface area contributed by atoms with Gasteiger partial charge in [-0.3, -0.25) is 4.79 Å². The number of rotatable bonds is 8. The van der Waals surface area contributed by atoms with Crippen LogP contribution >= 0.6 is 11.3 Å². The van der Waals surface area contributed by atoms with Gasteiger partial charge in [0.15, 0.2) is 0 Å². The Bertz CT molecular complexity index is 417. The van der Waals surface area contributed by atoms with E-state index in [-0.39, 0.29) is 11.9 Å². The lowest BCUT2D eigenvalue weighted by atomic mass is 10.1. The zero-order chi connectivity index (χ0) is 14.1. The van der Waals surface area contributed by atoms with Crippen LogP contribution in [0.15, 0.2) is 5.51 Å². The number of esters is 2. The molecule has 0 aromatic carbocycles. The number of nitrogens with zero attached hydrogens (tertiary/aromatic N) is 1. The van der Waals surface area contributed by atoms with Crippen molar-refractivity contribution in [2.24, 2.45) is 0 Å². The molecule has 0 fully saturated rings. The van der Waals surface area contributed by atoms with Crippen LogP contribution in [0.25, 0.3) is 0 Å². The number of aromatic nitrogens is 1. The van der Waals surface area contributed by atoms with Crippen molar-refractivity contribution < 1.29 is 19.1 Å². The summed E-state index contributed by atoms with van der Waals surface area (Å²) in [7, 11) is 2.78. The number of hydrogen-bond donors (Lipinski definition) is 0. The Labute approximate surface area is 116 Å². The average Bonchev–Trinajstić information content (AvgIpc) is 2.89. The molecule has 0 spiro atoms. The molecule has 106 valence electrons. The number of ether oxygens (including phenoxy) is 2. The van der Waals surface area contributed by atoms with E-state index in [9.17, 15) is 9.59 Å². The first-order chi connectivity index (χ1) is 9.19. The number of aryl methyl sites for hydroxylation is 1. The number of hydrogen-bond acceptors (Lipinski definition) is 6. The highest BCUT2D eigenvalue weighted by Crippen LogP contribution is 2.17. The lowest BCUT2D eigenvalue weighted by Gasteiger charge is -2.02. The third kappa shape index (κ3) is 5.38. The Kier molecular flexibility index (Phi) is 7.10. The number of methoxy groups -OCH3 is 2. The van der Waals surface area contributed by atoms with Crippen molar-refractivity contribution in [3.63, 3.8) is 0 Å². The van der Waals surface area contributed by atoms with Crippen LogP contribution in [0, 0.1) is 0 Å². The van der Waals surface area contributed by atoms with Crippen molar-refractivity contribution in [2.75, 3.05) is 14.2 Å². The van der Waals surface area contributed by atoms with Crippen molar-refractivity contribution in [3.05, 3.63) is 16.1 Å². The minimum absolute atomic E-state index is 0.160. The SMILES string of the molecule is COC(=O)CCCCCCc1ncsc1C(=O)OC. The van der Waals surface area contributed by atoms with Gasteiger partial charge in [-0.15, -0.1) is 11.3 Å². The van der Waals surface area contributed by atoms with Gasteiger partial charge in [-0.2, -0.15) is 0 Å². The number of carbonyl (C=O) groups is 2. The lowest BCUT2D eigenvalue weighted by molar-refractivity contribution is -0.140. The normalized spacial score (nSPS) is 10.2. The van der Waals surface area contributed by atoms with Gasteiger partial charge in [-0.05, 0) is 19.3 Å². The molecule has 1 aromatic heterocycles. The highest BCUT2D eigenvalue weighted by atomic mass is 32.1. The molecule has 0 saturated carbocycles. The van der Waals surface area contributed by atoms with Crippen LogP contribution < -0.4 is 0 Å². The van der Waals surface area contributed by atoms with E-state index in [1.54, 1.807) is 5.51 Å². The summed E-state index contributed by atoms with van der Waals surface area (Å²) >= 11 is 1.31. The largest absolute Gasteiger partial charge is 0.469 e. The van der Waals surface area contributed by atoms with Crippen LogP contribution in [0.4, 0.5) is 0 Å². The lowest BCUT2D eigenvalue weighted by Crippen LogP contribution is -2.03. The fraction of sp³-hybridized carbons (Fsp3) is 0.615. The van der Waals surface area contributed by atoms with Gasteiger partial charge in [0.05, 0.1) is 25.4 Å². The summed E-state index contributed by atoms with van der Waals surface area (Å²) in [5.74, 6) is -0.476. The zero-order valence-corrected chi connectivity index (χ0v) is 12.1. The zero-order valence-electron chi connectivity index (χ0n) is 11.3. The third-order valence-corrected chi connectivity index (χ3v) is 3.63. The van der Waals surface area contributed by atoms with Gasteiger partial charge in [0.25, 0.3) is 0 Å². The first-order valence-electron chi connectivity index (χ1n) is 6.26. The van der Waals surface area contributed by atoms with Crippen molar-refractivity contribution in [2.45, 2.75) is 38.5 Å². The standard InChI is InChI=1S/C13H19NO4S/c1-17-11(15)8-6-4-3-5-7-10-12(13(16)18-2)19-9-14-10/h9H,3-8H2,1-2H3. The maximum Gasteiger partial charge on any atom is 0.349 e. The van der Waals surface area contributed by atoms with Gasteiger partial charge in [0.1, 0.15) is 4.88 Å². The molecule has 0 bridgehead atoms. The number of unbranched alkanes of at least 4 members (excludes halogenated alkanes) is 3. The Morgan fingerprint density at radius 1 is 1.16 bits per heavy atom. The third-order valence-electron chi connectivity index (χ3n) is 2.78. The molecule has 0 amide bonds. The maximum atomic E-state index is 11.4. The van der Waals surface area contributed by atoms with E-state index in [0.717, 1.165) is 37.8 Å². The molecule has 0 N–H and O–H groups in total.